The van der Waals surface area contributed by atoms with Crippen LogP contribution in [0.5, 0.6) is 5.75 Å². The lowest BCUT2D eigenvalue weighted by molar-refractivity contribution is 0.415. The van der Waals surface area contributed by atoms with Gasteiger partial charge in [-0.15, -0.1) is 0 Å². The van der Waals surface area contributed by atoms with E-state index in [-0.39, 0.29) is 0 Å². The lowest BCUT2D eigenvalue weighted by Crippen LogP contribution is -2.09. The first-order valence-corrected chi connectivity index (χ1v) is 6.50. The molecule has 1 aromatic carbocycles. The molecule has 0 bridgehead atoms. The zero-order valence-electron chi connectivity index (χ0n) is 11.9. The number of hydrogen-bond acceptors (Lipinski definition) is 4. The Morgan fingerprint density at radius 3 is 2.95 bits per heavy atom. The fourth-order valence-electron chi connectivity index (χ4n) is 2.13. The molecule has 5 nitrogen and oxygen atoms in total. The van der Waals surface area contributed by atoms with Crippen molar-refractivity contribution in [2.24, 2.45) is 7.05 Å². The molecular weight excluding hydrogens is 252 g/mol. The number of nitrogens with zero attached hydrogens (tertiary/aromatic N) is 3. The van der Waals surface area contributed by atoms with Gasteiger partial charge in [0.1, 0.15) is 11.8 Å². The van der Waals surface area contributed by atoms with Gasteiger partial charge in [0.15, 0.2) is 0 Å². The highest BCUT2D eigenvalue weighted by Crippen LogP contribution is 2.24. The summed E-state index contributed by atoms with van der Waals surface area (Å²) < 4.78 is 6.93. The van der Waals surface area contributed by atoms with Crippen LogP contribution in [0.1, 0.15) is 24.2 Å². The van der Waals surface area contributed by atoms with Gasteiger partial charge in [-0.25, -0.2) is 0 Å². The summed E-state index contributed by atoms with van der Waals surface area (Å²) in [7, 11) is 3.49. The van der Waals surface area contributed by atoms with Crippen LogP contribution in [0.3, 0.4) is 0 Å². The minimum atomic E-state index is -0.425. The molecule has 5 heteroatoms. The zero-order valence-corrected chi connectivity index (χ0v) is 11.9. The molecule has 0 aliphatic carbocycles. The molecule has 0 aliphatic rings. The van der Waals surface area contributed by atoms with Gasteiger partial charge in [0.05, 0.1) is 18.9 Å². The monoisotopic (exact) mass is 270 g/mol. The molecule has 0 saturated carbocycles. The van der Waals surface area contributed by atoms with E-state index in [1.807, 2.05) is 44.4 Å². The van der Waals surface area contributed by atoms with Gasteiger partial charge in [0, 0.05) is 30.6 Å². The second-order valence-electron chi connectivity index (χ2n) is 4.50. The number of rotatable bonds is 5. The van der Waals surface area contributed by atoms with E-state index in [9.17, 15) is 5.26 Å². The van der Waals surface area contributed by atoms with Gasteiger partial charge in [0.25, 0.3) is 0 Å². The topological polar surface area (TPSA) is 62.9 Å². The van der Waals surface area contributed by atoms with Gasteiger partial charge in [-0.2, -0.15) is 10.4 Å². The third-order valence-corrected chi connectivity index (χ3v) is 3.09. The third kappa shape index (κ3) is 2.91. The number of hydrogen-bond donors (Lipinski definition) is 1. The van der Waals surface area contributed by atoms with Crippen LogP contribution in [0.4, 0.5) is 5.69 Å². The average molecular weight is 270 g/mol. The van der Waals surface area contributed by atoms with Crippen LogP contribution in [0, 0.1) is 11.3 Å². The number of nitrogens with one attached hydrogen (secondary N) is 1. The number of aryl methyl sites for hydroxylation is 2. The minimum Gasteiger partial charge on any atom is -0.497 e. The predicted molar refractivity (Wildman–Crippen MR) is 77.6 cm³/mol. The maximum absolute atomic E-state index is 9.42. The van der Waals surface area contributed by atoms with E-state index >= 15 is 0 Å². The fourth-order valence-corrected chi connectivity index (χ4v) is 2.13. The second kappa shape index (κ2) is 6.11. The number of methoxy groups -OCH3 is 1. The molecule has 1 unspecified atom stereocenters. The molecule has 0 amide bonds. The van der Waals surface area contributed by atoms with Crippen molar-refractivity contribution in [3.63, 3.8) is 0 Å². The smallest absolute Gasteiger partial charge is 0.143 e. The summed E-state index contributed by atoms with van der Waals surface area (Å²) in [6.07, 6.45) is 2.69. The van der Waals surface area contributed by atoms with E-state index < -0.39 is 6.04 Å². The summed E-state index contributed by atoms with van der Waals surface area (Å²) in [5.41, 5.74) is 2.71. The predicted octanol–water partition coefficient (Wildman–Crippen LogP) is 2.67. The van der Waals surface area contributed by atoms with E-state index in [4.69, 9.17) is 4.74 Å². The highest BCUT2D eigenvalue weighted by atomic mass is 16.5. The van der Waals surface area contributed by atoms with E-state index in [0.717, 1.165) is 29.1 Å². The van der Waals surface area contributed by atoms with Gasteiger partial charge in [-0.1, -0.05) is 13.0 Å². The van der Waals surface area contributed by atoms with Gasteiger partial charge in [-0.3, -0.25) is 4.68 Å². The van der Waals surface area contributed by atoms with Crippen molar-refractivity contribution in [2.45, 2.75) is 19.4 Å². The SMILES string of the molecule is CCc1nn(C)cc1C(C#N)Nc1cccc(OC)c1. The van der Waals surface area contributed by atoms with Crippen molar-refractivity contribution >= 4 is 5.69 Å². The standard InChI is InChI=1S/C15H18N4O/c1-4-14-13(10-19(2)18-14)15(9-16)17-11-6-5-7-12(8-11)20-3/h5-8,10,15,17H,4H2,1-3H3. The van der Waals surface area contributed by atoms with Crippen LogP contribution >= 0.6 is 0 Å². The van der Waals surface area contributed by atoms with E-state index in [1.165, 1.54) is 0 Å². The highest BCUT2D eigenvalue weighted by Gasteiger charge is 2.17. The molecule has 0 aliphatic heterocycles. The number of anilines is 1. The molecular formula is C15H18N4O. The van der Waals surface area contributed by atoms with Crippen molar-refractivity contribution in [1.82, 2.24) is 9.78 Å². The summed E-state index contributed by atoms with van der Waals surface area (Å²) in [5, 5.41) is 17.0. The van der Waals surface area contributed by atoms with Gasteiger partial charge < -0.3 is 10.1 Å². The Kier molecular flexibility index (Phi) is 4.26. The number of benzene rings is 1. The van der Waals surface area contributed by atoms with E-state index in [2.05, 4.69) is 16.5 Å². The molecule has 1 heterocycles. The highest BCUT2D eigenvalue weighted by molar-refractivity contribution is 5.51. The quantitative estimate of drug-likeness (QED) is 0.907. The van der Waals surface area contributed by atoms with Crippen LogP contribution in [-0.4, -0.2) is 16.9 Å². The number of ether oxygens (including phenoxy) is 1. The molecule has 0 fully saturated rings. The summed E-state index contributed by atoms with van der Waals surface area (Å²) in [6, 6.07) is 9.40. The lowest BCUT2D eigenvalue weighted by Gasteiger charge is -2.13. The maximum atomic E-state index is 9.42. The van der Waals surface area contributed by atoms with Crippen molar-refractivity contribution < 1.29 is 4.74 Å². The molecule has 0 radical (unpaired) electrons. The van der Waals surface area contributed by atoms with Gasteiger partial charge >= 0.3 is 0 Å². The maximum Gasteiger partial charge on any atom is 0.143 e. The molecule has 1 atom stereocenters. The Morgan fingerprint density at radius 2 is 2.30 bits per heavy atom. The summed E-state index contributed by atoms with van der Waals surface area (Å²) in [6.45, 7) is 2.03. The first kappa shape index (κ1) is 13.9. The average Bonchev–Trinajstić information content (AvgIpc) is 2.86. The lowest BCUT2D eigenvalue weighted by atomic mass is 10.1. The Morgan fingerprint density at radius 1 is 1.50 bits per heavy atom. The first-order chi connectivity index (χ1) is 9.67. The minimum absolute atomic E-state index is 0.425. The van der Waals surface area contributed by atoms with Gasteiger partial charge in [0.2, 0.25) is 0 Å². The molecule has 20 heavy (non-hydrogen) atoms. The summed E-state index contributed by atoms with van der Waals surface area (Å²) in [5.74, 6) is 0.758. The van der Waals surface area contributed by atoms with Crippen LogP contribution in [0.15, 0.2) is 30.5 Å². The Hall–Kier alpha value is -2.48. The van der Waals surface area contributed by atoms with E-state index in [1.54, 1.807) is 11.8 Å². The molecule has 1 N–H and O–H groups in total. The first-order valence-electron chi connectivity index (χ1n) is 6.50. The summed E-state index contributed by atoms with van der Waals surface area (Å²) >= 11 is 0. The van der Waals surface area contributed by atoms with Crippen LogP contribution in [-0.2, 0) is 13.5 Å². The van der Waals surface area contributed by atoms with Crippen LogP contribution < -0.4 is 10.1 Å². The van der Waals surface area contributed by atoms with Crippen molar-refractivity contribution in [2.75, 3.05) is 12.4 Å². The van der Waals surface area contributed by atoms with Crippen molar-refractivity contribution in [3.05, 3.63) is 41.7 Å². The molecule has 104 valence electrons. The molecule has 0 saturated heterocycles. The van der Waals surface area contributed by atoms with Crippen molar-refractivity contribution in [1.29, 1.82) is 5.26 Å². The molecule has 2 aromatic rings. The Labute approximate surface area is 118 Å². The number of aromatic nitrogens is 2. The zero-order chi connectivity index (χ0) is 14.5. The second-order valence-corrected chi connectivity index (χ2v) is 4.50. The normalized spacial score (nSPS) is 11.7. The van der Waals surface area contributed by atoms with Crippen LogP contribution in [0.25, 0.3) is 0 Å². The van der Waals surface area contributed by atoms with Crippen molar-refractivity contribution in [3.8, 4) is 11.8 Å². The van der Waals surface area contributed by atoms with Gasteiger partial charge in [-0.05, 0) is 18.6 Å². The Bertz CT molecular complexity index is 627. The van der Waals surface area contributed by atoms with Crippen LogP contribution in [0.2, 0.25) is 0 Å². The largest absolute Gasteiger partial charge is 0.497 e. The fraction of sp³-hybridized carbons (Fsp3) is 0.333. The Balaban J connectivity index is 2.26. The third-order valence-electron chi connectivity index (χ3n) is 3.09. The van der Waals surface area contributed by atoms with E-state index in [0.29, 0.717) is 0 Å². The number of nitriles is 1. The summed E-state index contributed by atoms with van der Waals surface area (Å²) in [4.78, 5) is 0. The molecule has 2 rings (SSSR count). The molecule has 1 aromatic heterocycles. The molecule has 0 spiro atoms.